The van der Waals surface area contributed by atoms with Gasteiger partial charge in [0, 0.05) is 5.41 Å². The third kappa shape index (κ3) is 1.64. The molecule has 2 aromatic carbocycles. The van der Waals surface area contributed by atoms with E-state index >= 15 is 0 Å². The van der Waals surface area contributed by atoms with E-state index in [1.807, 2.05) is 0 Å². The van der Waals surface area contributed by atoms with Gasteiger partial charge in [-0.05, 0) is 66.7 Å². The van der Waals surface area contributed by atoms with Gasteiger partial charge in [0.2, 0.25) is 0 Å². The van der Waals surface area contributed by atoms with Gasteiger partial charge < -0.3 is 0 Å². The highest BCUT2D eigenvalue weighted by Crippen LogP contribution is 2.60. The van der Waals surface area contributed by atoms with Crippen molar-refractivity contribution in [2.45, 2.75) is 43.9 Å². The van der Waals surface area contributed by atoms with Gasteiger partial charge in [0.25, 0.3) is 0 Å². The minimum Gasteiger partial charge on any atom is -0.0850 e. The second kappa shape index (κ2) is 4.59. The average molecular weight is 286 g/mol. The topological polar surface area (TPSA) is 0 Å². The summed E-state index contributed by atoms with van der Waals surface area (Å²) in [6, 6.07) is 18.1. The van der Waals surface area contributed by atoms with Gasteiger partial charge in [-0.2, -0.15) is 0 Å². The summed E-state index contributed by atoms with van der Waals surface area (Å²) in [5.41, 5.74) is 8.43. The lowest BCUT2D eigenvalue weighted by atomic mass is 9.61. The Labute approximate surface area is 132 Å². The van der Waals surface area contributed by atoms with Crippen molar-refractivity contribution in [2.24, 2.45) is 5.92 Å². The molecule has 22 heavy (non-hydrogen) atoms. The molecule has 0 radical (unpaired) electrons. The monoisotopic (exact) mass is 286 g/mol. The zero-order valence-electron chi connectivity index (χ0n) is 13.0. The molecule has 0 nitrogen and oxygen atoms in total. The Morgan fingerprint density at radius 1 is 0.955 bits per heavy atom. The minimum atomic E-state index is 0.449. The number of aryl methyl sites for hydroxylation is 1. The summed E-state index contributed by atoms with van der Waals surface area (Å²) < 4.78 is 0. The van der Waals surface area contributed by atoms with Crippen LogP contribution < -0.4 is 0 Å². The number of rotatable bonds is 1. The smallest absolute Gasteiger partial charge is 0.00333 e. The lowest BCUT2D eigenvalue weighted by Gasteiger charge is -2.43. The molecule has 1 saturated carbocycles. The van der Waals surface area contributed by atoms with Gasteiger partial charge in [-0.3, -0.25) is 0 Å². The van der Waals surface area contributed by atoms with Gasteiger partial charge >= 0.3 is 0 Å². The van der Waals surface area contributed by atoms with Crippen LogP contribution in [0.5, 0.6) is 0 Å². The van der Waals surface area contributed by atoms with E-state index in [0.29, 0.717) is 5.41 Å². The zero-order valence-corrected chi connectivity index (χ0v) is 13.0. The summed E-state index contributed by atoms with van der Waals surface area (Å²) in [4.78, 5) is 0. The molecular weight excluding hydrogens is 264 g/mol. The molecule has 2 atom stereocenters. The molecule has 2 aromatic rings. The molecule has 1 fully saturated rings. The third-order valence-corrected chi connectivity index (χ3v) is 6.33. The third-order valence-electron chi connectivity index (χ3n) is 6.33. The van der Waals surface area contributed by atoms with Crippen LogP contribution >= 0.6 is 0 Å². The molecule has 2 unspecified atom stereocenters. The maximum absolute atomic E-state index is 2.52. The summed E-state index contributed by atoms with van der Waals surface area (Å²) in [7, 11) is 0. The van der Waals surface area contributed by atoms with Crippen LogP contribution in [0.15, 0.2) is 60.2 Å². The van der Waals surface area contributed by atoms with Crippen LogP contribution in [-0.4, -0.2) is 0 Å². The van der Waals surface area contributed by atoms with E-state index in [1.165, 1.54) is 49.7 Å². The average Bonchev–Trinajstić information content (AvgIpc) is 3.17. The number of fused-ring (bicyclic) bond motifs is 5. The Morgan fingerprint density at radius 3 is 2.64 bits per heavy atom. The SMILES string of the molecule is C1=C2CC(C1)C1(CCCc3cccc(-c4ccccc4)c31)C2. The van der Waals surface area contributed by atoms with E-state index in [4.69, 9.17) is 0 Å². The molecule has 0 saturated heterocycles. The normalized spacial score (nSPS) is 28.7. The molecule has 2 bridgehead atoms. The van der Waals surface area contributed by atoms with Crippen molar-refractivity contribution >= 4 is 0 Å². The molecule has 3 aliphatic carbocycles. The summed E-state index contributed by atoms with van der Waals surface area (Å²) in [6.45, 7) is 0. The molecule has 5 rings (SSSR count). The minimum absolute atomic E-state index is 0.449. The Hall–Kier alpha value is -1.82. The Bertz CT molecular complexity index is 753. The molecule has 3 aliphatic rings. The second-order valence-corrected chi connectivity index (χ2v) is 7.39. The van der Waals surface area contributed by atoms with Crippen LogP contribution in [0.1, 0.15) is 43.2 Å². The van der Waals surface area contributed by atoms with Crippen molar-refractivity contribution in [3.8, 4) is 11.1 Å². The van der Waals surface area contributed by atoms with Gasteiger partial charge in [-0.15, -0.1) is 0 Å². The van der Waals surface area contributed by atoms with E-state index in [9.17, 15) is 0 Å². The summed E-state index contributed by atoms with van der Waals surface area (Å²) in [5.74, 6) is 0.867. The second-order valence-electron chi connectivity index (χ2n) is 7.39. The van der Waals surface area contributed by atoms with Crippen LogP contribution in [0.3, 0.4) is 0 Å². The van der Waals surface area contributed by atoms with Crippen LogP contribution in [-0.2, 0) is 11.8 Å². The highest BCUT2D eigenvalue weighted by Gasteiger charge is 2.50. The fraction of sp³-hybridized carbons (Fsp3) is 0.364. The van der Waals surface area contributed by atoms with Crippen molar-refractivity contribution < 1.29 is 0 Å². The maximum atomic E-state index is 2.52. The molecular formula is C22H22. The van der Waals surface area contributed by atoms with Crippen molar-refractivity contribution in [3.05, 3.63) is 71.3 Å². The lowest BCUT2D eigenvalue weighted by molar-refractivity contribution is 0.270. The Kier molecular flexibility index (Phi) is 2.65. The first-order valence-corrected chi connectivity index (χ1v) is 8.72. The summed E-state index contributed by atoms with van der Waals surface area (Å²) in [5, 5.41) is 0. The number of hydrogen-bond acceptors (Lipinski definition) is 0. The lowest BCUT2D eigenvalue weighted by Crippen LogP contribution is -2.36. The summed E-state index contributed by atoms with van der Waals surface area (Å²) in [6.07, 6.45) is 10.6. The number of benzene rings is 2. The van der Waals surface area contributed by atoms with Crippen LogP contribution in [0.25, 0.3) is 11.1 Å². The molecule has 0 aliphatic heterocycles. The van der Waals surface area contributed by atoms with Crippen LogP contribution in [0.2, 0.25) is 0 Å². The highest BCUT2D eigenvalue weighted by atomic mass is 14.5. The predicted molar refractivity (Wildman–Crippen MR) is 91.9 cm³/mol. The maximum Gasteiger partial charge on any atom is 0.00333 e. The molecule has 110 valence electrons. The Morgan fingerprint density at radius 2 is 1.86 bits per heavy atom. The molecule has 0 amide bonds. The molecule has 1 spiro atoms. The van der Waals surface area contributed by atoms with Crippen LogP contribution in [0, 0.1) is 5.92 Å². The fourth-order valence-corrected chi connectivity index (χ4v) is 5.47. The van der Waals surface area contributed by atoms with Gasteiger partial charge in [-0.25, -0.2) is 0 Å². The number of allylic oxidation sites excluding steroid dienone is 2. The standard InChI is InChI=1S/C22H22/c1-2-6-17(7-3-1)20-10-4-8-18-9-5-13-22(21(18)20)15-16-11-12-19(22)14-16/h1-4,6-8,10-11,19H,5,9,12-15H2. The molecule has 0 heteroatoms. The van der Waals surface area contributed by atoms with E-state index in [1.54, 1.807) is 16.7 Å². The van der Waals surface area contributed by atoms with Crippen molar-refractivity contribution in [3.63, 3.8) is 0 Å². The predicted octanol–water partition coefficient (Wildman–Crippen LogP) is 5.67. The van der Waals surface area contributed by atoms with Gasteiger partial charge in [-0.1, -0.05) is 60.2 Å². The van der Waals surface area contributed by atoms with Gasteiger partial charge in [0.15, 0.2) is 0 Å². The van der Waals surface area contributed by atoms with Crippen molar-refractivity contribution in [2.75, 3.05) is 0 Å². The quantitative estimate of drug-likeness (QED) is 0.593. The molecule has 0 N–H and O–H groups in total. The summed E-state index contributed by atoms with van der Waals surface area (Å²) >= 11 is 0. The molecule has 0 aromatic heterocycles. The van der Waals surface area contributed by atoms with E-state index < -0.39 is 0 Å². The first kappa shape index (κ1) is 12.7. The number of hydrogen-bond donors (Lipinski definition) is 0. The largest absolute Gasteiger partial charge is 0.0850 e. The zero-order chi connectivity index (χ0) is 14.6. The van der Waals surface area contributed by atoms with Crippen LogP contribution in [0.4, 0.5) is 0 Å². The first-order chi connectivity index (χ1) is 10.9. The van der Waals surface area contributed by atoms with E-state index in [0.717, 1.165) is 5.92 Å². The molecule has 0 heterocycles. The van der Waals surface area contributed by atoms with E-state index in [-0.39, 0.29) is 0 Å². The Balaban J connectivity index is 1.76. The highest BCUT2D eigenvalue weighted by molar-refractivity contribution is 5.71. The van der Waals surface area contributed by atoms with Crippen molar-refractivity contribution in [1.29, 1.82) is 0 Å². The fourth-order valence-electron chi connectivity index (χ4n) is 5.47. The van der Waals surface area contributed by atoms with Gasteiger partial charge in [0.05, 0.1) is 0 Å². The van der Waals surface area contributed by atoms with Gasteiger partial charge in [0.1, 0.15) is 0 Å². The van der Waals surface area contributed by atoms with Crippen molar-refractivity contribution in [1.82, 2.24) is 0 Å². The van der Waals surface area contributed by atoms with E-state index in [2.05, 4.69) is 54.6 Å². The first-order valence-electron chi connectivity index (χ1n) is 8.72.